The van der Waals surface area contributed by atoms with Crippen molar-refractivity contribution in [2.45, 2.75) is 39.1 Å². The first-order valence-electron chi connectivity index (χ1n) is 4.48. The molecule has 1 rings (SSSR count). The number of aliphatic hydroxyl groups excluding tert-OH is 1. The zero-order valence-corrected chi connectivity index (χ0v) is 8.04. The molecular weight excluding hydrogens is 156 g/mol. The van der Waals surface area contributed by atoms with E-state index < -0.39 is 5.79 Å². The fourth-order valence-electron chi connectivity index (χ4n) is 1.42. The highest BCUT2D eigenvalue weighted by Gasteiger charge is 2.33. The molecule has 1 aliphatic heterocycles. The van der Waals surface area contributed by atoms with Crippen LogP contribution in [0.15, 0.2) is 0 Å². The van der Waals surface area contributed by atoms with Crippen LogP contribution in [0.3, 0.4) is 0 Å². The first kappa shape index (κ1) is 9.96. The van der Waals surface area contributed by atoms with Crippen LogP contribution in [0.4, 0.5) is 0 Å². The molecule has 72 valence electrons. The van der Waals surface area contributed by atoms with E-state index in [4.69, 9.17) is 14.6 Å². The molecule has 1 saturated heterocycles. The van der Waals surface area contributed by atoms with Crippen molar-refractivity contribution < 1.29 is 14.6 Å². The van der Waals surface area contributed by atoms with Crippen LogP contribution < -0.4 is 0 Å². The highest BCUT2D eigenvalue weighted by atomic mass is 16.7. The highest BCUT2D eigenvalue weighted by molar-refractivity contribution is 4.74. The lowest BCUT2D eigenvalue weighted by atomic mass is 10.0. The minimum Gasteiger partial charge on any atom is -0.396 e. The van der Waals surface area contributed by atoms with E-state index in [9.17, 15) is 0 Å². The van der Waals surface area contributed by atoms with Gasteiger partial charge in [0.1, 0.15) is 0 Å². The average Bonchev–Trinajstić information content (AvgIpc) is 1.97. The van der Waals surface area contributed by atoms with Crippen molar-refractivity contribution in [2.24, 2.45) is 5.92 Å². The Morgan fingerprint density at radius 2 is 2.17 bits per heavy atom. The third-order valence-electron chi connectivity index (χ3n) is 2.18. The largest absolute Gasteiger partial charge is 0.396 e. The molecule has 0 amide bonds. The van der Waals surface area contributed by atoms with Crippen molar-refractivity contribution in [3.8, 4) is 0 Å². The van der Waals surface area contributed by atoms with E-state index in [0.717, 1.165) is 6.61 Å². The Hall–Kier alpha value is -0.120. The number of ether oxygens (including phenoxy) is 2. The van der Waals surface area contributed by atoms with E-state index in [2.05, 4.69) is 6.92 Å². The second-order valence-corrected chi connectivity index (χ2v) is 3.86. The van der Waals surface area contributed by atoms with Gasteiger partial charge < -0.3 is 14.6 Å². The first-order valence-corrected chi connectivity index (χ1v) is 4.48. The summed E-state index contributed by atoms with van der Waals surface area (Å²) in [7, 11) is 0. The van der Waals surface area contributed by atoms with E-state index in [1.807, 2.05) is 13.8 Å². The lowest BCUT2D eigenvalue weighted by Gasteiger charge is -2.39. The third kappa shape index (κ3) is 2.44. The zero-order valence-electron chi connectivity index (χ0n) is 8.04. The van der Waals surface area contributed by atoms with Crippen LogP contribution in [0.1, 0.15) is 27.2 Å². The molecule has 2 atom stereocenters. The monoisotopic (exact) mass is 174 g/mol. The van der Waals surface area contributed by atoms with Gasteiger partial charge in [-0.05, 0) is 20.3 Å². The van der Waals surface area contributed by atoms with Crippen LogP contribution in [-0.2, 0) is 9.47 Å². The van der Waals surface area contributed by atoms with Gasteiger partial charge >= 0.3 is 0 Å². The standard InChI is InChI=1S/C9H18O3/c1-7-6-11-9(2,3)12-8(7)4-5-10/h7-8,10H,4-6H2,1-3H3/t7-,8+/m1/s1. The van der Waals surface area contributed by atoms with Crippen LogP contribution in [-0.4, -0.2) is 30.2 Å². The first-order chi connectivity index (χ1) is 5.55. The number of hydrogen-bond acceptors (Lipinski definition) is 3. The Kier molecular flexibility index (Phi) is 3.09. The van der Waals surface area contributed by atoms with Gasteiger partial charge in [0, 0.05) is 12.5 Å². The summed E-state index contributed by atoms with van der Waals surface area (Å²) in [5.41, 5.74) is 0. The Morgan fingerprint density at radius 1 is 1.50 bits per heavy atom. The quantitative estimate of drug-likeness (QED) is 0.682. The molecule has 1 fully saturated rings. The normalized spacial score (nSPS) is 35.0. The van der Waals surface area contributed by atoms with Gasteiger partial charge in [-0.25, -0.2) is 0 Å². The van der Waals surface area contributed by atoms with Crippen molar-refractivity contribution in [3.63, 3.8) is 0 Å². The maximum absolute atomic E-state index is 8.79. The molecule has 0 saturated carbocycles. The molecule has 0 aromatic rings. The number of hydrogen-bond donors (Lipinski definition) is 1. The predicted molar refractivity (Wildman–Crippen MR) is 45.8 cm³/mol. The second kappa shape index (κ2) is 3.73. The minimum absolute atomic E-state index is 0.138. The molecule has 0 aliphatic carbocycles. The van der Waals surface area contributed by atoms with E-state index in [-0.39, 0.29) is 12.7 Å². The summed E-state index contributed by atoms with van der Waals surface area (Å²) in [5, 5.41) is 8.79. The molecule has 3 heteroatoms. The second-order valence-electron chi connectivity index (χ2n) is 3.86. The third-order valence-corrected chi connectivity index (χ3v) is 2.18. The predicted octanol–water partition coefficient (Wildman–Crippen LogP) is 1.16. The summed E-state index contributed by atoms with van der Waals surface area (Å²) in [4.78, 5) is 0. The Balaban J connectivity index is 2.47. The summed E-state index contributed by atoms with van der Waals surface area (Å²) in [5.74, 6) is -0.100. The summed E-state index contributed by atoms with van der Waals surface area (Å²) >= 11 is 0. The lowest BCUT2D eigenvalue weighted by Crippen LogP contribution is -2.44. The van der Waals surface area contributed by atoms with Crippen molar-refractivity contribution in [2.75, 3.05) is 13.2 Å². The average molecular weight is 174 g/mol. The Bertz CT molecular complexity index is 145. The highest BCUT2D eigenvalue weighted by Crippen LogP contribution is 2.27. The fraction of sp³-hybridized carbons (Fsp3) is 1.00. The van der Waals surface area contributed by atoms with Crippen molar-refractivity contribution >= 4 is 0 Å². The van der Waals surface area contributed by atoms with E-state index >= 15 is 0 Å². The van der Waals surface area contributed by atoms with Gasteiger partial charge in [-0.1, -0.05) is 6.92 Å². The molecule has 0 bridgehead atoms. The molecule has 0 spiro atoms. The molecule has 0 unspecified atom stereocenters. The molecule has 0 aromatic heterocycles. The van der Waals surface area contributed by atoms with Crippen molar-refractivity contribution in [3.05, 3.63) is 0 Å². The van der Waals surface area contributed by atoms with E-state index in [1.165, 1.54) is 0 Å². The van der Waals surface area contributed by atoms with Gasteiger partial charge in [-0.15, -0.1) is 0 Å². The lowest BCUT2D eigenvalue weighted by molar-refractivity contribution is -0.292. The zero-order chi connectivity index (χ0) is 9.19. The van der Waals surface area contributed by atoms with Gasteiger partial charge in [-0.3, -0.25) is 0 Å². The molecule has 1 heterocycles. The molecule has 1 N–H and O–H groups in total. The van der Waals surface area contributed by atoms with Crippen LogP contribution >= 0.6 is 0 Å². The van der Waals surface area contributed by atoms with Gasteiger partial charge in [0.05, 0.1) is 12.7 Å². The van der Waals surface area contributed by atoms with Crippen LogP contribution in [0.25, 0.3) is 0 Å². The Morgan fingerprint density at radius 3 is 2.75 bits per heavy atom. The van der Waals surface area contributed by atoms with Crippen LogP contribution in [0.2, 0.25) is 0 Å². The van der Waals surface area contributed by atoms with Crippen molar-refractivity contribution in [1.82, 2.24) is 0 Å². The SMILES string of the molecule is C[C@@H]1COC(C)(C)O[C@H]1CCO. The summed E-state index contributed by atoms with van der Waals surface area (Å²) in [6, 6.07) is 0. The molecule has 1 aliphatic rings. The molecule has 12 heavy (non-hydrogen) atoms. The van der Waals surface area contributed by atoms with Crippen molar-refractivity contribution in [1.29, 1.82) is 0 Å². The fourth-order valence-corrected chi connectivity index (χ4v) is 1.42. The topological polar surface area (TPSA) is 38.7 Å². The molecule has 3 nitrogen and oxygen atoms in total. The summed E-state index contributed by atoms with van der Waals surface area (Å²) < 4.78 is 11.1. The molecular formula is C9H18O3. The Labute approximate surface area is 73.7 Å². The van der Waals surface area contributed by atoms with Gasteiger partial charge in [0.2, 0.25) is 0 Å². The molecule has 0 radical (unpaired) electrons. The number of aliphatic hydroxyl groups is 1. The van der Waals surface area contributed by atoms with Crippen LogP contribution in [0, 0.1) is 5.92 Å². The maximum Gasteiger partial charge on any atom is 0.163 e. The smallest absolute Gasteiger partial charge is 0.163 e. The number of rotatable bonds is 2. The van der Waals surface area contributed by atoms with E-state index in [0.29, 0.717) is 12.3 Å². The molecule has 0 aromatic carbocycles. The summed E-state index contributed by atoms with van der Waals surface area (Å²) in [6.45, 7) is 6.80. The van der Waals surface area contributed by atoms with Gasteiger partial charge in [0.25, 0.3) is 0 Å². The van der Waals surface area contributed by atoms with E-state index in [1.54, 1.807) is 0 Å². The van der Waals surface area contributed by atoms with Crippen LogP contribution in [0.5, 0.6) is 0 Å². The van der Waals surface area contributed by atoms with Gasteiger partial charge in [0.15, 0.2) is 5.79 Å². The maximum atomic E-state index is 8.79. The summed E-state index contributed by atoms with van der Waals surface area (Å²) in [6.07, 6.45) is 0.840. The minimum atomic E-state index is -0.480. The van der Waals surface area contributed by atoms with Gasteiger partial charge in [-0.2, -0.15) is 0 Å².